The van der Waals surface area contributed by atoms with Crippen molar-refractivity contribution < 1.29 is 17.9 Å². The van der Waals surface area contributed by atoms with Crippen LogP contribution in [0.5, 0.6) is 0 Å². The Morgan fingerprint density at radius 1 is 1.40 bits per heavy atom. The summed E-state index contributed by atoms with van der Waals surface area (Å²) in [5, 5.41) is 0.399. The van der Waals surface area contributed by atoms with E-state index in [0.29, 0.717) is 9.50 Å². The summed E-state index contributed by atoms with van der Waals surface area (Å²) in [6.07, 6.45) is -1.48. The third-order valence-electron chi connectivity index (χ3n) is 2.05. The van der Waals surface area contributed by atoms with Gasteiger partial charge in [-0.05, 0) is 54.4 Å². The lowest BCUT2D eigenvalue weighted by molar-refractivity contribution is 0.121. The first kappa shape index (κ1) is 17.1. The second-order valence-corrected chi connectivity index (χ2v) is 6.92. The van der Waals surface area contributed by atoms with Gasteiger partial charge in [-0.2, -0.15) is 8.42 Å². The van der Waals surface area contributed by atoms with E-state index in [2.05, 4.69) is 25.4 Å². The summed E-state index contributed by atoms with van der Waals surface area (Å²) in [7, 11) is -4.09. The van der Waals surface area contributed by atoms with Crippen LogP contribution in [-0.2, 0) is 14.9 Å². The van der Waals surface area contributed by atoms with Gasteiger partial charge in [0.05, 0.1) is 11.8 Å². The van der Waals surface area contributed by atoms with Crippen LogP contribution in [0.15, 0.2) is 16.6 Å². The number of rotatable bonds is 4. The van der Waals surface area contributed by atoms with E-state index in [9.17, 15) is 13.2 Å². The van der Waals surface area contributed by atoms with Gasteiger partial charge in [0.1, 0.15) is 0 Å². The van der Waals surface area contributed by atoms with E-state index in [-0.39, 0.29) is 5.69 Å². The Morgan fingerprint density at radius 2 is 2.00 bits per heavy atom. The maximum Gasteiger partial charge on any atom is 0.422 e. The maximum atomic E-state index is 11.8. The monoisotopic (exact) mass is 384 g/mol. The molecule has 0 saturated carbocycles. The Morgan fingerprint density at radius 3 is 2.55 bits per heavy atom. The summed E-state index contributed by atoms with van der Waals surface area (Å²) < 4.78 is 32.6. The molecule has 0 heterocycles. The number of carbonyl (C=O) groups excluding carboxylic acids is 1. The number of benzene rings is 1. The molecule has 9 heteroatoms. The van der Waals surface area contributed by atoms with Crippen molar-refractivity contribution in [2.24, 2.45) is 0 Å². The largest absolute Gasteiger partial charge is 0.446 e. The molecule has 0 unspecified atom stereocenters. The van der Waals surface area contributed by atoms with Crippen molar-refractivity contribution in [1.29, 1.82) is 0 Å². The minimum Gasteiger partial charge on any atom is -0.446 e. The van der Waals surface area contributed by atoms with Crippen LogP contribution in [0.2, 0.25) is 5.02 Å². The van der Waals surface area contributed by atoms with E-state index in [4.69, 9.17) is 11.6 Å². The lowest BCUT2D eigenvalue weighted by atomic mass is 10.2. The predicted octanol–water partition coefficient (Wildman–Crippen LogP) is 3.20. The summed E-state index contributed by atoms with van der Waals surface area (Å²) in [4.78, 5) is 11.3. The molecule has 0 atom stereocenters. The molecule has 0 saturated heterocycles. The lowest BCUT2D eigenvalue weighted by Gasteiger charge is -2.13. The molecule has 1 aromatic rings. The zero-order valence-corrected chi connectivity index (χ0v) is 14.2. The fourth-order valence-corrected chi connectivity index (χ4v) is 2.87. The van der Waals surface area contributed by atoms with Gasteiger partial charge in [0.15, 0.2) is 0 Å². The van der Waals surface area contributed by atoms with Crippen LogP contribution >= 0.6 is 27.5 Å². The van der Waals surface area contributed by atoms with E-state index in [1.165, 1.54) is 6.07 Å². The quantitative estimate of drug-likeness (QED) is 0.833. The van der Waals surface area contributed by atoms with Crippen molar-refractivity contribution in [2.75, 3.05) is 4.72 Å². The molecule has 0 radical (unpaired) electrons. The van der Waals surface area contributed by atoms with Crippen LogP contribution in [0.25, 0.3) is 0 Å². The highest BCUT2D eigenvalue weighted by Gasteiger charge is 2.18. The number of halogens is 2. The smallest absolute Gasteiger partial charge is 0.422 e. The van der Waals surface area contributed by atoms with Gasteiger partial charge in [0.25, 0.3) is 0 Å². The predicted molar refractivity (Wildman–Crippen MR) is 81.2 cm³/mol. The third kappa shape index (κ3) is 5.18. The Labute approximate surface area is 131 Å². The van der Waals surface area contributed by atoms with Crippen molar-refractivity contribution in [3.05, 3.63) is 27.2 Å². The molecule has 0 aromatic heterocycles. The van der Waals surface area contributed by atoms with Crippen molar-refractivity contribution in [3.8, 4) is 0 Å². The van der Waals surface area contributed by atoms with Gasteiger partial charge in [0, 0.05) is 9.50 Å². The average Bonchev–Trinajstić information content (AvgIpc) is 2.23. The van der Waals surface area contributed by atoms with Crippen molar-refractivity contribution in [1.82, 2.24) is 4.72 Å². The zero-order chi connectivity index (χ0) is 15.5. The fourth-order valence-electron chi connectivity index (χ4n) is 1.24. The molecule has 112 valence electrons. The van der Waals surface area contributed by atoms with Gasteiger partial charge >= 0.3 is 16.3 Å². The lowest BCUT2D eigenvalue weighted by Crippen LogP contribution is -2.36. The van der Waals surface area contributed by atoms with E-state index in [0.717, 1.165) is 5.56 Å². The highest BCUT2D eigenvalue weighted by Crippen LogP contribution is 2.29. The average molecular weight is 386 g/mol. The first-order chi connectivity index (χ1) is 9.10. The van der Waals surface area contributed by atoms with Crippen molar-refractivity contribution in [2.45, 2.75) is 26.9 Å². The van der Waals surface area contributed by atoms with Gasteiger partial charge in [-0.15, -0.1) is 0 Å². The molecule has 0 fully saturated rings. The van der Waals surface area contributed by atoms with Crippen LogP contribution in [0.1, 0.15) is 19.4 Å². The first-order valence-electron chi connectivity index (χ1n) is 5.57. The van der Waals surface area contributed by atoms with E-state index >= 15 is 0 Å². The van der Waals surface area contributed by atoms with E-state index in [1.807, 2.05) is 0 Å². The molecule has 1 amide bonds. The molecule has 2 N–H and O–H groups in total. The molecule has 6 nitrogen and oxygen atoms in total. The molecule has 1 rings (SSSR count). The van der Waals surface area contributed by atoms with Crippen molar-refractivity contribution >= 4 is 49.5 Å². The standard InChI is InChI=1S/C11H14BrClN2O4S/c1-6(2)19-11(16)15-20(17,18)14-10-5-9(13)7(3)4-8(10)12/h4-6,14H,1-3H3,(H,15,16). The summed E-state index contributed by atoms with van der Waals surface area (Å²) in [6.45, 7) is 5.00. The summed E-state index contributed by atoms with van der Waals surface area (Å²) in [6, 6.07) is 3.10. The minimum atomic E-state index is -4.09. The molecular formula is C11H14BrClN2O4S. The number of amides is 1. The first-order valence-corrected chi connectivity index (χ1v) is 8.23. The Kier molecular flexibility index (Phi) is 5.67. The molecule has 0 spiro atoms. The van der Waals surface area contributed by atoms with Gasteiger partial charge in [0.2, 0.25) is 0 Å². The van der Waals surface area contributed by atoms with Crippen LogP contribution in [0, 0.1) is 6.92 Å². The number of carbonyl (C=O) groups is 1. The number of aryl methyl sites for hydroxylation is 1. The Hall–Kier alpha value is -0.990. The number of nitrogens with one attached hydrogen (secondary N) is 2. The zero-order valence-electron chi connectivity index (χ0n) is 11.0. The Balaban J connectivity index is 2.87. The summed E-state index contributed by atoms with van der Waals surface area (Å²) >= 11 is 9.13. The van der Waals surface area contributed by atoms with Gasteiger partial charge in [-0.3, -0.25) is 4.72 Å². The highest BCUT2D eigenvalue weighted by molar-refractivity contribution is 9.10. The van der Waals surface area contributed by atoms with Gasteiger partial charge in [-0.1, -0.05) is 11.6 Å². The van der Waals surface area contributed by atoms with Crippen LogP contribution in [0.4, 0.5) is 10.5 Å². The van der Waals surface area contributed by atoms with Gasteiger partial charge < -0.3 is 4.74 Å². The van der Waals surface area contributed by atoms with E-state index < -0.39 is 22.4 Å². The highest BCUT2D eigenvalue weighted by atomic mass is 79.9. The molecule has 20 heavy (non-hydrogen) atoms. The minimum absolute atomic E-state index is 0.213. The molecule has 1 aromatic carbocycles. The molecule has 0 aliphatic heterocycles. The maximum absolute atomic E-state index is 11.8. The number of hydrogen-bond donors (Lipinski definition) is 2. The Bertz CT molecular complexity index is 619. The topological polar surface area (TPSA) is 84.5 Å². The number of hydrogen-bond acceptors (Lipinski definition) is 4. The number of anilines is 1. The molecule has 0 aliphatic carbocycles. The normalized spacial score (nSPS) is 11.3. The second-order valence-electron chi connectivity index (χ2n) is 4.24. The molecule has 0 bridgehead atoms. The van der Waals surface area contributed by atoms with Crippen LogP contribution in [0.3, 0.4) is 0 Å². The van der Waals surface area contributed by atoms with Crippen LogP contribution in [-0.4, -0.2) is 20.6 Å². The third-order valence-corrected chi connectivity index (χ3v) is 4.04. The van der Waals surface area contributed by atoms with Gasteiger partial charge in [-0.25, -0.2) is 9.52 Å². The summed E-state index contributed by atoms with van der Waals surface area (Å²) in [5.74, 6) is 0. The molecule has 0 aliphatic rings. The summed E-state index contributed by atoms with van der Waals surface area (Å²) in [5.41, 5.74) is 0.999. The molecular weight excluding hydrogens is 372 g/mol. The van der Waals surface area contributed by atoms with E-state index in [1.54, 1.807) is 31.6 Å². The SMILES string of the molecule is Cc1cc(Br)c(NS(=O)(=O)NC(=O)OC(C)C)cc1Cl. The fraction of sp³-hybridized carbons (Fsp3) is 0.364. The van der Waals surface area contributed by atoms with Crippen molar-refractivity contribution in [3.63, 3.8) is 0 Å². The second kappa shape index (κ2) is 6.64. The van der Waals surface area contributed by atoms with Crippen LogP contribution < -0.4 is 9.44 Å². The number of ether oxygens (including phenoxy) is 1.